The third kappa shape index (κ3) is 8.33. The number of benzene rings is 2. The average molecular weight is 865 g/mol. The Kier molecular flexibility index (Phi) is 12.0. The van der Waals surface area contributed by atoms with Crippen LogP contribution in [0.1, 0.15) is 87.1 Å². The molecule has 1 atom stereocenters. The predicted octanol–water partition coefficient (Wildman–Crippen LogP) is 10.8. The van der Waals surface area contributed by atoms with Crippen molar-refractivity contribution in [2.75, 3.05) is 11.0 Å². The lowest BCUT2D eigenvalue weighted by molar-refractivity contribution is -0.337. The number of aliphatic imine (C=N–C) groups is 1. The van der Waals surface area contributed by atoms with Crippen molar-refractivity contribution in [1.29, 1.82) is 0 Å². The predicted molar refractivity (Wildman–Crippen MR) is 207 cm³/mol. The van der Waals surface area contributed by atoms with Gasteiger partial charge >= 0.3 is 12.4 Å². The van der Waals surface area contributed by atoms with Gasteiger partial charge in [0.05, 0.1) is 44.1 Å². The number of hydrogen-bond donors (Lipinski definition) is 2. The van der Waals surface area contributed by atoms with Gasteiger partial charge in [-0.25, -0.2) is 17.8 Å². The van der Waals surface area contributed by atoms with Gasteiger partial charge in [0.2, 0.25) is 0 Å². The molecule has 4 saturated carbocycles. The summed E-state index contributed by atoms with van der Waals surface area (Å²) in [6, 6.07) is 6.19. The van der Waals surface area contributed by atoms with Crippen LogP contribution in [0.25, 0.3) is 16.8 Å². The van der Waals surface area contributed by atoms with Crippen molar-refractivity contribution in [2.45, 2.75) is 106 Å². The lowest BCUT2D eigenvalue weighted by Crippen LogP contribution is -2.70. The number of unbranched alkanes of at least 4 members (excludes halogenated alkanes) is 1. The van der Waals surface area contributed by atoms with E-state index in [1.54, 1.807) is 18.5 Å². The first-order valence-electron chi connectivity index (χ1n) is 18.0. The van der Waals surface area contributed by atoms with E-state index in [0.717, 1.165) is 61.6 Å². The molecular weight excluding hydrogens is 825 g/mol. The number of halogens is 8. The molecule has 4 fully saturated rings. The zero-order valence-corrected chi connectivity index (χ0v) is 33.8. The Balaban J connectivity index is 1.36. The molecule has 4 aliphatic carbocycles. The third-order valence-electron chi connectivity index (χ3n) is 10.7. The highest BCUT2D eigenvalue weighted by Gasteiger charge is 2.79. The smallest absolute Gasteiger partial charge is 0.351 e. The summed E-state index contributed by atoms with van der Waals surface area (Å²) in [5.41, 5.74) is -4.45. The topological polar surface area (TPSA) is 101 Å². The fourth-order valence-electron chi connectivity index (χ4n) is 7.84. The number of nitrogens with zero attached hydrogens (tertiary/aromatic N) is 2. The van der Waals surface area contributed by atoms with Gasteiger partial charge in [0.1, 0.15) is 9.90 Å². The van der Waals surface area contributed by atoms with Crippen molar-refractivity contribution in [3.63, 3.8) is 0 Å². The van der Waals surface area contributed by atoms with E-state index in [2.05, 4.69) is 5.32 Å². The van der Waals surface area contributed by atoms with Crippen molar-refractivity contribution in [2.24, 2.45) is 10.4 Å². The maximum atomic E-state index is 16.6. The van der Waals surface area contributed by atoms with Gasteiger partial charge in [0.15, 0.2) is 5.82 Å². The summed E-state index contributed by atoms with van der Waals surface area (Å²) in [4.78, 5) is 8.65. The number of alkyl halides is 6. The SMILES string of the molecule is CCC/C=C(/C=C\NC(C)=NC1CCC(S(C)=O)CC1)c1sc(C23CC(C(F)(F)F)(C2)C3)nc1-c1cccc(NS(=O)(=O)c2c(Cl)cccc2C(F)(F)F)c1F. The average Bonchev–Trinajstić information content (AvgIpc) is 3.49. The van der Waals surface area contributed by atoms with Crippen LogP contribution in [0.15, 0.2) is 64.6 Å². The molecule has 0 aliphatic heterocycles. The number of nitrogens with one attached hydrogen (secondary N) is 2. The van der Waals surface area contributed by atoms with E-state index in [1.165, 1.54) is 12.1 Å². The van der Waals surface area contributed by atoms with E-state index in [9.17, 15) is 39.0 Å². The van der Waals surface area contributed by atoms with Gasteiger partial charge < -0.3 is 5.32 Å². The summed E-state index contributed by atoms with van der Waals surface area (Å²) < 4.78 is 140. The van der Waals surface area contributed by atoms with E-state index in [4.69, 9.17) is 21.6 Å². The molecule has 7 rings (SSSR count). The van der Waals surface area contributed by atoms with Crippen LogP contribution in [0.5, 0.6) is 0 Å². The van der Waals surface area contributed by atoms with Crippen LogP contribution in [-0.2, 0) is 32.4 Å². The van der Waals surface area contributed by atoms with Gasteiger partial charge in [-0.15, -0.1) is 11.3 Å². The van der Waals surface area contributed by atoms with Crippen LogP contribution >= 0.6 is 22.9 Å². The highest BCUT2D eigenvalue weighted by Crippen LogP contribution is 2.79. The second-order valence-electron chi connectivity index (χ2n) is 14.7. The molecule has 0 spiro atoms. The first-order valence-corrected chi connectivity index (χ1v) is 22.3. The lowest BCUT2D eigenvalue weighted by atomic mass is 9.35. The minimum absolute atomic E-state index is 0.0468. The Hall–Kier alpha value is -3.28. The van der Waals surface area contributed by atoms with Gasteiger partial charge in [0, 0.05) is 39.5 Å². The highest BCUT2D eigenvalue weighted by molar-refractivity contribution is 7.93. The molecule has 4 aliphatic rings. The molecule has 304 valence electrons. The van der Waals surface area contributed by atoms with Crippen LogP contribution in [0, 0.1) is 11.2 Å². The standard InChI is InChI=1S/C38H40ClF7N4O3S3/c1-4-5-8-23(17-18-47-22(2)48-24-13-15-25(16-14-24)55(3)51)32-31(49-34(54-32)35-19-36(20-35,21-35)38(44,45)46)26-9-6-12-29(30(26)40)50-56(52,53)33-27(37(41,42)43)10-7-11-28(33)39/h6-12,17-18,24-25,50H,4-5,13-16,19-21H2,1-3H3,(H,47,48)/b18-17-,23-8-. The molecule has 1 unspecified atom stereocenters. The third-order valence-corrected chi connectivity index (χ3v) is 15.4. The maximum absolute atomic E-state index is 16.6. The van der Waals surface area contributed by atoms with Crippen molar-refractivity contribution in [3.05, 3.63) is 81.0 Å². The molecular formula is C38H40ClF7N4O3S3. The monoisotopic (exact) mass is 864 g/mol. The van der Waals surface area contributed by atoms with Gasteiger partial charge in [-0.05, 0) is 94.2 Å². The number of anilines is 1. The molecule has 7 nitrogen and oxygen atoms in total. The normalized spacial score (nSPS) is 25.1. The molecule has 3 aromatic rings. The van der Waals surface area contributed by atoms with Gasteiger partial charge in [-0.3, -0.25) is 13.9 Å². The lowest BCUT2D eigenvalue weighted by Gasteiger charge is -2.69. The van der Waals surface area contributed by atoms with Crippen molar-refractivity contribution in [1.82, 2.24) is 10.3 Å². The maximum Gasteiger partial charge on any atom is 0.417 e. The zero-order chi connectivity index (χ0) is 40.8. The van der Waals surface area contributed by atoms with Gasteiger partial charge in [-0.2, -0.15) is 26.3 Å². The van der Waals surface area contributed by atoms with Crippen molar-refractivity contribution < 1.29 is 43.4 Å². The number of hydrogen-bond acceptors (Lipinski definition) is 6. The van der Waals surface area contributed by atoms with Crippen molar-refractivity contribution in [3.8, 4) is 11.3 Å². The van der Waals surface area contributed by atoms with Crippen LogP contribution in [-0.4, -0.2) is 47.2 Å². The molecule has 18 heteroatoms. The Morgan fingerprint density at radius 2 is 1.73 bits per heavy atom. The number of rotatable bonds is 12. The van der Waals surface area contributed by atoms with E-state index < -0.39 is 71.0 Å². The zero-order valence-electron chi connectivity index (χ0n) is 30.6. The molecule has 2 bridgehead atoms. The minimum Gasteiger partial charge on any atom is -0.351 e. The van der Waals surface area contributed by atoms with Crippen LogP contribution in [0.4, 0.5) is 36.4 Å². The second kappa shape index (κ2) is 15.8. The van der Waals surface area contributed by atoms with E-state index in [1.807, 2.05) is 24.6 Å². The first-order chi connectivity index (χ1) is 26.2. The fraction of sp³-hybridized carbons (Fsp3) is 0.474. The molecule has 1 heterocycles. The quantitative estimate of drug-likeness (QED) is 0.0817. The highest BCUT2D eigenvalue weighted by atomic mass is 35.5. The molecule has 0 saturated heterocycles. The number of aromatic nitrogens is 1. The number of amidine groups is 1. The number of thiazole rings is 1. The van der Waals surface area contributed by atoms with E-state index in [-0.39, 0.29) is 41.8 Å². The Labute approximate surface area is 332 Å². The Morgan fingerprint density at radius 1 is 1.07 bits per heavy atom. The largest absolute Gasteiger partial charge is 0.417 e. The molecule has 0 radical (unpaired) electrons. The van der Waals surface area contributed by atoms with E-state index in [0.29, 0.717) is 33.8 Å². The number of sulfonamides is 1. The minimum atomic E-state index is -5.10. The fourth-order valence-corrected chi connectivity index (χ4v) is 11.9. The Bertz CT molecular complexity index is 2190. The number of allylic oxidation sites excluding steroid dienone is 3. The van der Waals surface area contributed by atoms with Crippen molar-refractivity contribution >= 4 is 60.9 Å². The molecule has 2 aromatic carbocycles. The molecule has 2 N–H and O–H groups in total. The first kappa shape index (κ1) is 42.3. The summed E-state index contributed by atoms with van der Waals surface area (Å²) in [6.45, 7) is 3.76. The summed E-state index contributed by atoms with van der Waals surface area (Å²) in [5, 5.41) is 2.98. The summed E-state index contributed by atoms with van der Waals surface area (Å²) >= 11 is 7.09. The summed E-state index contributed by atoms with van der Waals surface area (Å²) in [5.74, 6) is -0.521. The molecule has 56 heavy (non-hydrogen) atoms. The summed E-state index contributed by atoms with van der Waals surface area (Å²) in [6.07, 6.45) is 1.58. The molecule has 0 amide bonds. The van der Waals surface area contributed by atoms with E-state index >= 15 is 4.39 Å². The Morgan fingerprint density at radius 3 is 2.34 bits per heavy atom. The second-order valence-corrected chi connectivity index (χ2v) is 19.4. The van der Waals surface area contributed by atoms with Gasteiger partial charge in [-0.1, -0.05) is 43.2 Å². The van der Waals surface area contributed by atoms with Crippen LogP contribution in [0.2, 0.25) is 5.02 Å². The van der Waals surface area contributed by atoms with Crippen LogP contribution < -0.4 is 10.0 Å². The molecule has 1 aromatic heterocycles. The van der Waals surface area contributed by atoms with Crippen LogP contribution in [0.3, 0.4) is 0 Å². The van der Waals surface area contributed by atoms with Gasteiger partial charge in [0.25, 0.3) is 10.0 Å². The summed E-state index contributed by atoms with van der Waals surface area (Å²) in [7, 11) is -5.99.